The van der Waals surface area contributed by atoms with Gasteiger partial charge in [0.25, 0.3) is 5.56 Å². The summed E-state index contributed by atoms with van der Waals surface area (Å²) in [5.74, 6) is 1.63. The first-order valence-electron chi connectivity index (χ1n) is 7.98. The van der Waals surface area contributed by atoms with E-state index < -0.39 is 0 Å². The molecule has 0 atom stereocenters. The predicted molar refractivity (Wildman–Crippen MR) is 89.4 cm³/mol. The molecule has 0 radical (unpaired) electrons. The summed E-state index contributed by atoms with van der Waals surface area (Å²) >= 11 is 0. The van der Waals surface area contributed by atoms with Gasteiger partial charge in [-0.2, -0.15) is 10.4 Å². The monoisotopic (exact) mass is 308 g/mol. The van der Waals surface area contributed by atoms with Crippen molar-refractivity contribution in [2.24, 2.45) is 5.92 Å². The predicted octanol–water partition coefficient (Wildman–Crippen LogP) is 2.40. The number of anilines is 1. The number of aromatic nitrogens is 2. The van der Waals surface area contributed by atoms with E-state index in [1.165, 1.54) is 4.68 Å². The van der Waals surface area contributed by atoms with Gasteiger partial charge in [-0.05, 0) is 42.5 Å². The van der Waals surface area contributed by atoms with E-state index in [4.69, 9.17) is 5.26 Å². The number of nitriles is 1. The van der Waals surface area contributed by atoms with E-state index in [-0.39, 0.29) is 5.56 Å². The molecule has 2 heterocycles. The van der Waals surface area contributed by atoms with Crippen molar-refractivity contribution in [2.45, 2.75) is 26.3 Å². The normalized spacial score (nSPS) is 15.4. The third-order valence-electron chi connectivity index (χ3n) is 4.38. The number of hydrogen-bond acceptors (Lipinski definition) is 4. The van der Waals surface area contributed by atoms with Gasteiger partial charge in [0.05, 0.1) is 18.2 Å². The second-order valence-electron chi connectivity index (χ2n) is 6.17. The van der Waals surface area contributed by atoms with Gasteiger partial charge in [0.15, 0.2) is 0 Å². The molecule has 0 saturated carbocycles. The van der Waals surface area contributed by atoms with Crippen molar-refractivity contribution in [3.05, 3.63) is 57.9 Å². The van der Waals surface area contributed by atoms with Gasteiger partial charge in [-0.1, -0.05) is 19.1 Å². The molecule has 0 unspecified atom stereocenters. The van der Waals surface area contributed by atoms with Crippen LogP contribution in [0.3, 0.4) is 0 Å². The largest absolute Gasteiger partial charge is 0.355 e. The number of nitrogens with zero attached hydrogens (tertiary/aromatic N) is 4. The van der Waals surface area contributed by atoms with Gasteiger partial charge in [-0.25, -0.2) is 4.68 Å². The first-order valence-corrected chi connectivity index (χ1v) is 7.98. The minimum absolute atomic E-state index is 0.108. The number of hydrogen-bond donors (Lipinski definition) is 0. The Morgan fingerprint density at radius 2 is 1.87 bits per heavy atom. The van der Waals surface area contributed by atoms with Gasteiger partial charge >= 0.3 is 0 Å². The van der Waals surface area contributed by atoms with Crippen molar-refractivity contribution in [2.75, 3.05) is 18.0 Å². The maximum atomic E-state index is 12.1. The third kappa shape index (κ3) is 3.59. The van der Waals surface area contributed by atoms with Crippen LogP contribution in [0.1, 0.15) is 30.9 Å². The van der Waals surface area contributed by atoms with Crippen LogP contribution >= 0.6 is 0 Å². The summed E-state index contributed by atoms with van der Waals surface area (Å²) in [5, 5.41) is 13.4. The lowest BCUT2D eigenvalue weighted by Crippen LogP contribution is -2.35. The van der Waals surface area contributed by atoms with Gasteiger partial charge in [0, 0.05) is 19.2 Å². The molecule has 1 saturated heterocycles. The average Bonchev–Trinajstić information content (AvgIpc) is 2.58. The molecule has 1 aliphatic rings. The molecule has 118 valence electrons. The second-order valence-corrected chi connectivity index (χ2v) is 6.17. The summed E-state index contributed by atoms with van der Waals surface area (Å²) < 4.78 is 1.49. The molecule has 0 amide bonds. The average molecular weight is 308 g/mol. The smallest absolute Gasteiger partial charge is 0.267 e. The molecule has 1 aromatic carbocycles. The summed E-state index contributed by atoms with van der Waals surface area (Å²) in [6.07, 6.45) is 2.33. The summed E-state index contributed by atoms with van der Waals surface area (Å²) in [6.45, 7) is 4.67. The minimum atomic E-state index is -0.108. The molecule has 1 fully saturated rings. The maximum Gasteiger partial charge on any atom is 0.267 e. The molecule has 1 aliphatic heterocycles. The van der Waals surface area contributed by atoms with Gasteiger partial charge < -0.3 is 4.90 Å². The van der Waals surface area contributed by atoms with E-state index >= 15 is 0 Å². The molecule has 0 bridgehead atoms. The van der Waals surface area contributed by atoms with Crippen molar-refractivity contribution in [1.29, 1.82) is 5.26 Å². The van der Waals surface area contributed by atoms with Crippen LogP contribution in [0.5, 0.6) is 0 Å². The molecule has 0 N–H and O–H groups in total. The highest BCUT2D eigenvalue weighted by Gasteiger charge is 2.17. The van der Waals surface area contributed by atoms with E-state index in [1.54, 1.807) is 18.2 Å². The lowest BCUT2D eigenvalue weighted by molar-refractivity contribution is 0.433. The van der Waals surface area contributed by atoms with Crippen LogP contribution in [-0.2, 0) is 6.54 Å². The molecule has 3 rings (SSSR count). The van der Waals surface area contributed by atoms with E-state index in [2.05, 4.69) is 23.0 Å². The molecular weight excluding hydrogens is 288 g/mol. The van der Waals surface area contributed by atoms with Crippen molar-refractivity contribution in [3.63, 3.8) is 0 Å². The van der Waals surface area contributed by atoms with E-state index in [0.717, 1.165) is 43.2 Å². The van der Waals surface area contributed by atoms with Crippen LogP contribution in [0.2, 0.25) is 0 Å². The topological polar surface area (TPSA) is 61.9 Å². The zero-order chi connectivity index (χ0) is 16.2. The van der Waals surface area contributed by atoms with E-state index in [9.17, 15) is 4.79 Å². The van der Waals surface area contributed by atoms with E-state index in [0.29, 0.717) is 12.1 Å². The van der Waals surface area contributed by atoms with Crippen LogP contribution in [-0.4, -0.2) is 22.9 Å². The second kappa shape index (κ2) is 6.66. The Kier molecular flexibility index (Phi) is 4.42. The van der Waals surface area contributed by atoms with Crippen molar-refractivity contribution in [1.82, 2.24) is 9.78 Å². The first-order chi connectivity index (χ1) is 11.2. The van der Waals surface area contributed by atoms with Crippen LogP contribution in [0.4, 0.5) is 5.82 Å². The highest BCUT2D eigenvalue weighted by atomic mass is 16.1. The van der Waals surface area contributed by atoms with Crippen LogP contribution in [0, 0.1) is 17.2 Å². The maximum absolute atomic E-state index is 12.1. The Morgan fingerprint density at radius 3 is 2.52 bits per heavy atom. The first kappa shape index (κ1) is 15.3. The Bertz CT molecular complexity index is 765. The fourth-order valence-corrected chi connectivity index (χ4v) is 2.82. The van der Waals surface area contributed by atoms with Crippen LogP contribution in [0.15, 0.2) is 41.2 Å². The summed E-state index contributed by atoms with van der Waals surface area (Å²) in [6, 6.07) is 12.7. The van der Waals surface area contributed by atoms with Crippen molar-refractivity contribution >= 4 is 5.82 Å². The van der Waals surface area contributed by atoms with Crippen molar-refractivity contribution in [3.8, 4) is 6.07 Å². The Labute approximate surface area is 135 Å². The number of piperidine rings is 1. The molecule has 23 heavy (non-hydrogen) atoms. The van der Waals surface area contributed by atoms with Crippen LogP contribution < -0.4 is 10.5 Å². The van der Waals surface area contributed by atoms with Crippen LogP contribution in [0.25, 0.3) is 0 Å². The van der Waals surface area contributed by atoms with Gasteiger partial charge in [0.2, 0.25) is 0 Å². The van der Waals surface area contributed by atoms with E-state index in [1.807, 2.05) is 18.2 Å². The standard InChI is InChI=1S/C18H20N4O/c1-14-8-10-21(11-9-14)17-6-7-18(23)22(20-17)13-16-4-2-15(12-19)3-5-16/h2-7,14H,8-11,13H2,1H3. The highest BCUT2D eigenvalue weighted by Crippen LogP contribution is 2.20. The summed E-state index contributed by atoms with van der Waals surface area (Å²) in [4.78, 5) is 14.3. The fraction of sp³-hybridized carbons (Fsp3) is 0.389. The molecule has 0 aliphatic carbocycles. The Balaban J connectivity index is 1.80. The summed E-state index contributed by atoms with van der Waals surface area (Å²) in [7, 11) is 0. The number of benzene rings is 1. The molecule has 0 spiro atoms. The molecule has 5 heteroatoms. The highest BCUT2D eigenvalue weighted by molar-refractivity contribution is 5.37. The summed E-state index contributed by atoms with van der Waals surface area (Å²) in [5.41, 5.74) is 1.47. The van der Waals surface area contributed by atoms with Gasteiger partial charge in [-0.3, -0.25) is 4.79 Å². The zero-order valence-electron chi connectivity index (χ0n) is 13.3. The Morgan fingerprint density at radius 1 is 1.17 bits per heavy atom. The zero-order valence-corrected chi connectivity index (χ0v) is 13.3. The third-order valence-corrected chi connectivity index (χ3v) is 4.38. The molecule has 2 aromatic rings. The Hall–Kier alpha value is -2.61. The lowest BCUT2D eigenvalue weighted by Gasteiger charge is -2.31. The molecular formula is C18H20N4O. The van der Waals surface area contributed by atoms with Gasteiger partial charge in [-0.15, -0.1) is 0 Å². The SMILES string of the molecule is CC1CCN(c2ccc(=O)n(Cc3ccc(C#N)cc3)n2)CC1. The lowest BCUT2D eigenvalue weighted by atomic mass is 9.99. The molecule has 1 aromatic heterocycles. The minimum Gasteiger partial charge on any atom is -0.355 e. The van der Waals surface area contributed by atoms with Gasteiger partial charge in [0.1, 0.15) is 5.82 Å². The number of rotatable bonds is 3. The fourth-order valence-electron chi connectivity index (χ4n) is 2.82. The van der Waals surface area contributed by atoms with Crippen molar-refractivity contribution < 1.29 is 0 Å². The molecule has 5 nitrogen and oxygen atoms in total. The quantitative estimate of drug-likeness (QED) is 0.873.